The first-order valence-electron chi connectivity index (χ1n) is 9.72. The van der Waals surface area contributed by atoms with E-state index in [4.69, 9.17) is 9.47 Å². The van der Waals surface area contributed by atoms with Gasteiger partial charge >= 0.3 is 0 Å². The van der Waals surface area contributed by atoms with Crippen molar-refractivity contribution in [1.82, 2.24) is 8.61 Å². The molecule has 3 saturated heterocycles. The van der Waals surface area contributed by atoms with E-state index >= 15 is 0 Å². The second-order valence-corrected chi connectivity index (χ2v) is 11.3. The molecule has 0 atom stereocenters. The summed E-state index contributed by atoms with van der Waals surface area (Å²) >= 11 is 0. The number of ether oxygens (including phenoxy) is 2. The number of rotatable bonds is 4. The maximum absolute atomic E-state index is 12.9. The first-order valence-corrected chi connectivity index (χ1v) is 12.6. The lowest BCUT2D eigenvalue weighted by molar-refractivity contribution is -0.179. The van der Waals surface area contributed by atoms with Crippen LogP contribution >= 0.6 is 0 Å². The van der Waals surface area contributed by atoms with Crippen LogP contribution in [0.25, 0.3) is 0 Å². The van der Waals surface area contributed by atoms with E-state index in [2.05, 4.69) is 0 Å². The molecular weight excluding hydrogens is 404 g/mol. The molecular formula is C18H26N2O6S2. The Hall–Kier alpha value is -1.04. The number of hydrogen-bond acceptors (Lipinski definition) is 6. The van der Waals surface area contributed by atoms with Crippen LogP contribution in [-0.2, 0) is 29.5 Å². The van der Waals surface area contributed by atoms with Crippen LogP contribution in [0.4, 0.5) is 0 Å². The minimum atomic E-state index is -3.68. The highest BCUT2D eigenvalue weighted by atomic mass is 32.2. The van der Waals surface area contributed by atoms with E-state index in [0.717, 1.165) is 19.3 Å². The minimum absolute atomic E-state index is 0.106. The second kappa shape index (κ2) is 7.66. The summed E-state index contributed by atoms with van der Waals surface area (Å²) in [5, 5.41) is 0. The van der Waals surface area contributed by atoms with Crippen molar-refractivity contribution >= 4 is 20.0 Å². The average Bonchev–Trinajstić information content (AvgIpc) is 3.17. The summed E-state index contributed by atoms with van der Waals surface area (Å²) in [6, 6.07) is 5.56. The predicted molar refractivity (Wildman–Crippen MR) is 102 cm³/mol. The van der Waals surface area contributed by atoms with Gasteiger partial charge in [-0.05, 0) is 37.1 Å². The Kier molecular flexibility index (Phi) is 5.54. The zero-order valence-electron chi connectivity index (χ0n) is 15.7. The zero-order chi connectivity index (χ0) is 19.8. The summed E-state index contributed by atoms with van der Waals surface area (Å²) in [7, 11) is -7.25. The Morgan fingerprint density at radius 1 is 0.679 bits per heavy atom. The zero-order valence-corrected chi connectivity index (χ0v) is 17.4. The first-order chi connectivity index (χ1) is 13.3. The normalized spacial score (nSPS) is 24.6. The first kappa shape index (κ1) is 20.2. The fourth-order valence-electron chi connectivity index (χ4n) is 4.04. The average molecular weight is 431 g/mol. The summed E-state index contributed by atoms with van der Waals surface area (Å²) < 4.78 is 65.5. The molecule has 1 aromatic carbocycles. The van der Waals surface area contributed by atoms with Crippen molar-refractivity contribution in [2.24, 2.45) is 0 Å². The molecule has 4 rings (SSSR count). The molecule has 0 aliphatic carbocycles. The molecule has 0 unspecified atom stereocenters. The lowest BCUT2D eigenvalue weighted by Gasteiger charge is -2.36. The maximum Gasteiger partial charge on any atom is 0.243 e. The van der Waals surface area contributed by atoms with Crippen LogP contribution in [0.2, 0.25) is 0 Å². The summed E-state index contributed by atoms with van der Waals surface area (Å²) in [5.74, 6) is -0.640. The smallest absolute Gasteiger partial charge is 0.243 e. The summed E-state index contributed by atoms with van der Waals surface area (Å²) in [5.41, 5.74) is 0. The van der Waals surface area contributed by atoms with E-state index in [1.807, 2.05) is 0 Å². The monoisotopic (exact) mass is 430 g/mol. The fraction of sp³-hybridized carbons (Fsp3) is 0.667. The van der Waals surface area contributed by atoms with Crippen LogP contribution in [0.3, 0.4) is 0 Å². The van der Waals surface area contributed by atoms with Gasteiger partial charge in [0.15, 0.2) is 5.79 Å². The van der Waals surface area contributed by atoms with Crippen molar-refractivity contribution in [3.63, 3.8) is 0 Å². The molecule has 3 heterocycles. The van der Waals surface area contributed by atoms with E-state index < -0.39 is 25.8 Å². The van der Waals surface area contributed by atoms with E-state index in [1.165, 1.54) is 32.9 Å². The van der Waals surface area contributed by atoms with Crippen LogP contribution in [0.5, 0.6) is 0 Å². The van der Waals surface area contributed by atoms with Crippen LogP contribution in [0.1, 0.15) is 32.1 Å². The number of sulfonamides is 2. The summed E-state index contributed by atoms with van der Waals surface area (Å²) in [6.45, 7) is 2.75. The molecule has 156 valence electrons. The molecule has 3 aliphatic rings. The third-order valence-corrected chi connectivity index (χ3v) is 9.54. The highest BCUT2D eigenvalue weighted by Gasteiger charge is 2.42. The Balaban J connectivity index is 1.48. The quantitative estimate of drug-likeness (QED) is 0.717. The number of hydrogen-bond donors (Lipinski definition) is 0. The highest BCUT2D eigenvalue weighted by Crippen LogP contribution is 2.33. The van der Waals surface area contributed by atoms with Crippen molar-refractivity contribution in [2.45, 2.75) is 47.7 Å². The molecule has 0 bridgehead atoms. The van der Waals surface area contributed by atoms with Crippen molar-refractivity contribution in [1.29, 1.82) is 0 Å². The molecule has 0 aromatic heterocycles. The molecule has 0 amide bonds. The summed E-state index contributed by atoms with van der Waals surface area (Å²) in [4.78, 5) is 0.244. The molecule has 10 heteroatoms. The van der Waals surface area contributed by atoms with Crippen molar-refractivity contribution in [2.75, 3.05) is 39.4 Å². The van der Waals surface area contributed by atoms with Crippen LogP contribution in [0, 0.1) is 0 Å². The predicted octanol–water partition coefficient (Wildman–Crippen LogP) is 1.39. The minimum Gasteiger partial charge on any atom is -0.347 e. The van der Waals surface area contributed by atoms with Gasteiger partial charge in [-0.2, -0.15) is 8.61 Å². The summed E-state index contributed by atoms with van der Waals surface area (Å²) in [6.07, 6.45) is 3.74. The molecule has 8 nitrogen and oxygen atoms in total. The van der Waals surface area contributed by atoms with Gasteiger partial charge in [0.2, 0.25) is 20.0 Å². The third-order valence-electron chi connectivity index (χ3n) is 5.71. The lowest BCUT2D eigenvalue weighted by Crippen LogP contribution is -2.47. The Morgan fingerprint density at radius 3 is 1.57 bits per heavy atom. The standard InChI is InChI=1S/C18H26N2O6S2/c21-27(22,19-10-2-1-3-11-19)16-4-6-17(7-5-16)28(23,24)20-12-8-18(9-13-20)25-14-15-26-18/h4-7H,1-3,8-15H2. The SMILES string of the molecule is O=S(=O)(c1ccc(S(=O)(=O)N2CCC3(CC2)OCCO3)cc1)N1CCCCC1. The van der Waals surface area contributed by atoms with Gasteiger partial charge in [-0.1, -0.05) is 6.42 Å². The third kappa shape index (κ3) is 3.73. The number of nitrogens with zero attached hydrogens (tertiary/aromatic N) is 2. The van der Waals surface area contributed by atoms with Gasteiger partial charge in [-0.15, -0.1) is 0 Å². The molecule has 3 fully saturated rings. The van der Waals surface area contributed by atoms with Gasteiger partial charge in [0.25, 0.3) is 0 Å². The maximum atomic E-state index is 12.9. The second-order valence-electron chi connectivity index (χ2n) is 7.45. The highest BCUT2D eigenvalue weighted by molar-refractivity contribution is 7.89. The fourth-order valence-corrected chi connectivity index (χ4v) is 7.00. The van der Waals surface area contributed by atoms with Crippen LogP contribution < -0.4 is 0 Å². The van der Waals surface area contributed by atoms with Gasteiger partial charge in [0, 0.05) is 39.0 Å². The van der Waals surface area contributed by atoms with Crippen LogP contribution in [-0.4, -0.2) is 70.6 Å². The Morgan fingerprint density at radius 2 is 1.11 bits per heavy atom. The number of piperidine rings is 2. The molecule has 0 N–H and O–H groups in total. The molecule has 0 radical (unpaired) electrons. The van der Waals surface area contributed by atoms with Gasteiger partial charge in [-0.3, -0.25) is 0 Å². The van der Waals surface area contributed by atoms with Gasteiger partial charge in [-0.25, -0.2) is 16.8 Å². The molecule has 1 spiro atoms. The van der Waals surface area contributed by atoms with Gasteiger partial charge in [0.05, 0.1) is 23.0 Å². The van der Waals surface area contributed by atoms with Crippen molar-refractivity contribution < 1.29 is 26.3 Å². The largest absolute Gasteiger partial charge is 0.347 e. The number of benzene rings is 1. The van der Waals surface area contributed by atoms with E-state index in [-0.39, 0.29) is 9.79 Å². The molecule has 28 heavy (non-hydrogen) atoms. The Labute approximate surface area is 166 Å². The van der Waals surface area contributed by atoms with Crippen molar-refractivity contribution in [3.05, 3.63) is 24.3 Å². The topological polar surface area (TPSA) is 93.2 Å². The van der Waals surface area contributed by atoms with Crippen LogP contribution in [0.15, 0.2) is 34.1 Å². The molecule has 1 aromatic rings. The van der Waals surface area contributed by atoms with E-state index in [1.54, 1.807) is 0 Å². The lowest BCUT2D eigenvalue weighted by atomic mass is 10.1. The molecule has 3 aliphatic heterocycles. The van der Waals surface area contributed by atoms with Gasteiger partial charge in [0.1, 0.15) is 0 Å². The Bertz CT molecular complexity index is 892. The van der Waals surface area contributed by atoms with Crippen molar-refractivity contribution in [3.8, 4) is 0 Å². The molecule has 0 saturated carbocycles. The van der Waals surface area contributed by atoms with E-state index in [0.29, 0.717) is 52.2 Å². The van der Waals surface area contributed by atoms with Gasteiger partial charge < -0.3 is 9.47 Å². The van der Waals surface area contributed by atoms with E-state index in [9.17, 15) is 16.8 Å².